The van der Waals surface area contributed by atoms with Crippen molar-refractivity contribution in [1.29, 1.82) is 5.41 Å². The van der Waals surface area contributed by atoms with Crippen molar-refractivity contribution in [3.8, 4) is 11.1 Å². The van der Waals surface area contributed by atoms with Gasteiger partial charge in [0.25, 0.3) is 0 Å². The molecule has 8 heteroatoms. The number of carbonyl (C=O) groups is 2. The zero-order valence-electron chi connectivity index (χ0n) is 19.3. The first-order valence-corrected chi connectivity index (χ1v) is 11.1. The van der Waals surface area contributed by atoms with Crippen LogP contribution >= 0.6 is 0 Å². The van der Waals surface area contributed by atoms with Gasteiger partial charge in [-0.1, -0.05) is 48.5 Å². The predicted molar refractivity (Wildman–Crippen MR) is 127 cm³/mol. The van der Waals surface area contributed by atoms with Gasteiger partial charge >= 0.3 is 12.1 Å². The average Bonchev–Trinajstić information content (AvgIpc) is 3.07. The number of alkyl carbamates (subject to hydrolysis) is 1. The Morgan fingerprint density at radius 2 is 1.64 bits per heavy atom. The Morgan fingerprint density at radius 1 is 1.06 bits per heavy atom. The lowest BCUT2D eigenvalue weighted by Crippen LogP contribution is -2.45. The number of amides is 1. The van der Waals surface area contributed by atoms with E-state index in [1.54, 1.807) is 20.8 Å². The minimum atomic E-state index is -0.867. The summed E-state index contributed by atoms with van der Waals surface area (Å²) in [5.41, 5.74) is 9.13. The van der Waals surface area contributed by atoms with Gasteiger partial charge < -0.3 is 25.8 Å². The SMILES string of the molecule is CC(C)(C)OC(=O)[C@H](CCCNC(=N)N)NC(=O)OCC1c2ccccc2-c2ccccc21. The van der Waals surface area contributed by atoms with Crippen molar-refractivity contribution < 1.29 is 19.1 Å². The average molecular weight is 453 g/mol. The molecule has 1 aliphatic rings. The van der Waals surface area contributed by atoms with Crippen LogP contribution < -0.4 is 16.4 Å². The van der Waals surface area contributed by atoms with E-state index in [1.165, 1.54) is 0 Å². The highest BCUT2D eigenvalue weighted by molar-refractivity contribution is 5.82. The van der Waals surface area contributed by atoms with E-state index in [0.717, 1.165) is 22.3 Å². The van der Waals surface area contributed by atoms with Crippen LogP contribution in [-0.4, -0.2) is 42.8 Å². The molecule has 0 spiro atoms. The first-order valence-electron chi connectivity index (χ1n) is 11.1. The van der Waals surface area contributed by atoms with E-state index in [9.17, 15) is 9.59 Å². The molecule has 1 amide bonds. The van der Waals surface area contributed by atoms with Crippen LogP contribution in [0.2, 0.25) is 0 Å². The van der Waals surface area contributed by atoms with Crippen LogP contribution in [0.1, 0.15) is 50.7 Å². The third-order valence-corrected chi connectivity index (χ3v) is 5.31. The fourth-order valence-corrected chi connectivity index (χ4v) is 3.93. The number of benzene rings is 2. The van der Waals surface area contributed by atoms with E-state index in [1.807, 2.05) is 36.4 Å². The van der Waals surface area contributed by atoms with Crippen molar-refractivity contribution in [3.05, 3.63) is 59.7 Å². The fraction of sp³-hybridized carbons (Fsp3) is 0.400. The van der Waals surface area contributed by atoms with E-state index >= 15 is 0 Å². The fourth-order valence-electron chi connectivity index (χ4n) is 3.93. The van der Waals surface area contributed by atoms with Crippen molar-refractivity contribution in [1.82, 2.24) is 10.6 Å². The van der Waals surface area contributed by atoms with E-state index in [-0.39, 0.29) is 18.5 Å². The molecule has 0 saturated carbocycles. The maximum atomic E-state index is 12.6. The molecular formula is C25H32N4O4. The Hall–Kier alpha value is -3.55. The monoisotopic (exact) mass is 452 g/mol. The molecule has 0 fully saturated rings. The van der Waals surface area contributed by atoms with E-state index in [4.69, 9.17) is 20.6 Å². The van der Waals surface area contributed by atoms with Gasteiger partial charge in [-0.15, -0.1) is 0 Å². The molecule has 0 heterocycles. The normalized spacial score (nSPS) is 13.4. The highest BCUT2D eigenvalue weighted by Crippen LogP contribution is 2.44. The second-order valence-electron chi connectivity index (χ2n) is 9.04. The van der Waals surface area contributed by atoms with Crippen molar-refractivity contribution in [2.75, 3.05) is 13.2 Å². The van der Waals surface area contributed by atoms with Gasteiger partial charge in [-0.2, -0.15) is 0 Å². The number of nitrogens with one attached hydrogen (secondary N) is 3. The minimum Gasteiger partial charge on any atom is -0.458 e. The smallest absolute Gasteiger partial charge is 0.407 e. The molecule has 176 valence electrons. The van der Waals surface area contributed by atoms with Crippen LogP contribution in [0.15, 0.2) is 48.5 Å². The van der Waals surface area contributed by atoms with E-state index < -0.39 is 23.7 Å². The molecule has 1 atom stereocenters. The molecule has 0 saturated heterocycles. The van der Waals surface area contributed by atoms with E-state index in [0.29, 0.717) is 19.4 Å². The highest BCUT2D eigenvalue weighted by Gasteiger charge is 2.30. The Kier molecular flexibility index (Phi) is 7.58. The number of rotatable bonds is 8. The van der Waals surface area contributed by atoms with Crippen molar-refractivity contribution in [2.24, 2.45) is 5.73 Å². The van der Waals surface area contributed by atoms with Gasteiger partial charge in [0.1, 0.15) is 18.2 Å². The summed E-state index contributed by atoms with van der Waals surface area (Å²) in [5.74, 6) is -0.741. The maximum absolute atomic E-state index is 12.6. The van der Waals surface area contributed by atoms with Crippen LogP contribution in [0.5, 0.6) is 0 Å². The molecule has 0 aliphatic heterocycles. The zero-order valence-corrected chi connectivity index (χ0v) is 19.3. The molecule has 2 aromatic carbocycles. The summed E-state index contributed by atoms with van der Waals surface area (Å²) in [5, 5.41) is 12.6. The molecule has 33 heavy (non-hydrogen) atoms. The van der Waals surface area contributed by atoms with Gasteiger partial charge in [0.2, 0.25) is 0 Å². The molecule has 0 radical (unpaired) electrons. The number of guanidine groups is 1. The second-order valence-corrected chi connectivity index (χ2v) is 9.04. The molecule has 0 bridgehead atoms. The van der Waals surface area contributed by atoms with Crippen molar-refractivity contribution in [2.45, 2.75) is 51.2 Å². The third kappa shape index (κ3) is 6.47. The first-order chi connectivity index (χ1) is 15.7. The summed E-state index contributed by atoms with van der Waals surface area (Å²) in [4.78, 5) is 25.3. The summed E-state index contributed by atoms with van der Waals surface area (Å²) in [7, 11) is 0. The number of esters is 1. The maximum Gasteiger partial charge on any atom is 0.407 e. The Labute approximate surface area is 194 Å². The molecule has 2 aromatic rings. The van der Waals surface area contributed by atoms with Crippen LogP contribution in [0.25, 0.3) is 11.1 Å². The number of hydrogen-bond acceptors (Lipinski definition) is 5. The highest BCUT2D eigenvalue weighted by atomic mass is 16.6. The number of nitrogens with two attached hydrogens (primary N) is 1. The summed E-state index contributed by atoms with van der Waals surface area (Å²) < 4.78 is 11.0. The zero-order chi connectivity index (χ0) is 24.0. The van der Waals surface area contributed by atoms with Gasteiger partial charge in [-0.05, 0) is 55.9 Å². The molecule has 0 unspecified atom stereocenters. The van der Waals surface area contributed by atoms with Gasteiger partial charge in [-0.25, -0.2) is 9.59 Å². The quantitative estimate of drug-likeness (QED) is 0.210. The molecule has 0 aromatic heterocycles. The number of fused-ring (bicyclic) bond motifs is 3. The Balaban J connectivity index is 1.63. The lowest BCUT2D eigenvalue weighted by atomic mass is 9.98. The first kappa shape index (κ1) is 24.1. The minimum absolute atomic E-state index is 0.0668. The number of carbonyl (C=O) groups excluding carboxylic acids is 2. The van der Waals surface area contributed by atoms with Gasteiger partial charge in [0.15, 0.2) is 5.96 Å². The lowest BCUT2D eigenvalue weighted by Gasteiger charge is -2.24. The summed E-state index contributed by atoms with van der Waals surface area (Å²) in [6.45, 7) is 5.87. The standard InChI is InChI=1S/C25H32N4O4/c1-25(2,3)33-22(30)21(13-8-14-28-23(26)27)29-24(31)32-15-20-18-11-6-4-9-16(18)17-10-5-7-12-19(17)20/h4-7,9-12,20-21H,8,13-15H2,1-3H3,(H,29,31)(H4,26,27,28)/t21-/m0/s1. The van der Waals surface area contributed by atoms with Gasteiger partial charge in [0, 0.05) is 12.5 Å². The van der Waals surface area contributed by atoms with Gasteiger partial charge in [0.05, 0.1) is 0 Å². The number of hydrogen-bond donors (Lipinski definition) is 4. The van der Waals surface area contributed by atoms with Crippen molar-refractivity contribution >= 4 is 18.0 Å². The third-order valence-electron chi connectivity index (χ3n) is 5.31. The number of ether oxygens (including phenoxy) is 2. The second kappa shape index (κ2) is 10.4. The summed E-state index contributed by atoms with van der Waals surface area (Å²) >= 11 is 0. The molecule has 3 rings (SSSR count). The molecule has 1 aliphatic carbocycles. The van der Waals surface area contributed by atoms with E-state index in [2.05, 4.69) is 22.8 Å². The van der Waals surface area contributed by atoms with Gasteiger partial charge in [-0.3, -0.25) is 5.41 Å². The van der Waals surface area contributed by atoms with Crippen LogP contribution in [-0.2, 0) is 14.3 Å². The van der Waals surface area contributed by atoms with Crippen molar-refractivity contribution in [3.63, 3.8) is 0 Å². The van der Waals surface area contributed by atoms with Crippen LogP contribution in [0.3, 0.4) is 0 Å². The topological polar surface area (TPSA) is 127 Å². The Morgan fingerprint density at radius 3 is 2.18 bits per heavy atom. The van der Waals surface area contributed by atoms with Crippen LogP contribution in [0, 0.1) is 5.41 Å². The molecular weight excluding hydrogens is 420 g/mol. The largest absolute Gasteiger partial charge is 0.458 e. The lowest BCUT2D eigenvalue weighted by molar-refractivity contribution is -0.157. The molecule has 8 nitrogen and oxygen atoms in total. The Bertz CT molecular complexity index is 970. The summed E-state index contributed by atoms with van der Waals surface area (Å²) in [6, 6.07) is 15.3. The predicted octanol–water partition coefficient (Wildman–Crippen LogP) is 3.50. The molecule has 5 N–H and O–H groups in total. The van der Waals surface area contributed by atoms with Crippen LogP contribution in [0.4, 0.5) is 4.79 Å². The summed E-state index contributed by atoms with van der Waals surface area (Å²) in [6.07, 6.45) is 0.152.